The van der Waals surface area contributed by atoms with E-state index in [9.17, 15) is 4.79 Å². The minimum Gasteiger partial charge on any atom is -0.497 e. The number of ether oxygens (including phenoxy) is 1. The van der Waals surface area contributed by atoms with Gasteiger partial charge >= 0.3 is 0 Å². The Bertz CT molecular complexity index is 379. The van der Waals surface area contributed by atoms with Crippen molar-refractivity contribution >= 4 is 11.6 Å². The molecule has 1 aromatic rings. The largest absolute Gasteiger partial charge is 0.497 e. The summed E-state index contributed by atoms with van der Waals surface area (Å²) >= 11 is 0. The lowest BCUT2D eigenvalue weighted by Crippen LogP contribution is -2.35. The van der Waals surface area contributed by atoms with Gasteiger partial charge in [0.25, 0.3) is 5.91 Å². The number of amides is 1. The molecule has 5 heteroatoms. The first-order chi connectivity index (χ1) is 7.58. The summed E-state index contributed by atoms with van der Waals surface area (Å²) in [6.45, 7) is 1.60. The zero-order valence-corrected chi connectivity index (χ0v) is 9.36. The summed E-state index contributed by atoms with van der Waals surface area (Å²) in [4.78, 5) is 11.7. The van der Waals surface area contributed by atoms with Crippen LogP contribution < -0.4 is 15.8 Å². The van der Waals surface area contributed by atoms with E-state index in [2.05, 4.69) is 5.32 Å². The molecule has 0 saturated carbocycles. The Morgan fingerprint density at radius 2 is 2.31 bits per heavy atom. The first-order valence-electron chi connectivity index (χ1n) is 4.93. The molecule has 1 unspecified atom stereocenters. The Hall–Kier alpha value is -1.75. The summed E-state index contributed by atoms with van der Waals surface area (Å²) in [6.07, 6.45) is 0. The van der Waals surface area contributed by atoms with Crippen LogP contribution in [0, 0.1) is 0 Å². The monoisotopic (exact) mass is 224 g/mol. The van der Waals surface area contributed by atoms with Gasteiger partial charge in [-0.1, -0.05) is 0 Å². The molecule has 0 heterocycles. The summed E-state index contributed by atoms with van der Waals surface area (Å²) in [6, 6.07) is 4.54. The summed E-state index contributed by atoms with van der Waals surface area (Å²) in [5.41, 5.74) is 6.44. The zero-order chi connectivity index (χ0) is 12.1. The predicted octanol–water partition coefficient (Wildman–Crippen LogP) is 0.388. The molecular weight excluding hydrogens is 208 g/mol. The third kappa shape index (κ3) is 2.87. The molecule has 0 fully saturated rings. The van der Waals surface area contributed by atoms with Crippen molar-refractivity contribution in [1.29, 1.82) is 0 Å². The average Bonchev–Trinajstić information content (AvgIpc) is 2.28. The lowest BCUT2D eigenvalue weighted by atomic mass is 10.1. The van der Waals surface area contributed by atoms with Crippen molar-refractivity contribution in [2.75, 3.05) is 19.5 Å². The molecule has 0 aromatic heterocycles. The van der Waals surface area contributed by atoms with Gasteiger partial charge in [0.1, 0.15) is 5.75 Å². The molecule has 0 aliphatic heterocycles. The fraction of sp³-hybridized carbons (Fsp3) is 0.364. The predicted molar refractivity (Wildman–Crippen MR) is 61.4 cm³/mol. The van der Waals surface area contributed by atoms with E-state index in [-0.39, 0.29) is 18.6 Å². The SMILES string of the molecule is COc1ccc(C(=O)NC(C)CO)c(N)c1. The maximum atomic E-state index is 11.7. The molecule has 4 N–H and O–H groups in total. The number of nitrogen functional groups attached to an aromatic ring is 1. The summed E-state index contributed by atoms with van der Waals surface area (Å²) in [5, 5.41) is 11.4. The van der Waals surface area contributed by atoms with Gasteiger partial charge in [-0.05, 0) is 19.1 Å². The smallest absolute Gasteiger partial charge is 0.253 e. The van der Waals surface area contributed by atoms with Crippen molar-refractivity contribution in [3.8, 4) is 5.75 Å². The van der Waals surface area contributed by atoms with Gasteiger partial charge in [-0.2, -0.15) is 0 Å². The van der Waals surface area contributed by atoms with Gasteiger partial charge in [0.15, 0.2) is 0 Å². The molecule has 0 spiro atoms. The van der Waals surface area contributed by atoms with Gasteiger partial charge in [-0.3, -0.25) is 4.79 Å². The second-order valence-corrected chi connectivity index (χ2v) is 3.51. The van der Waals surface area contributed by atoms with Gasteiger partial charge in [-0.15, -0.1) is 0 Å². The van der Waals surface area contributed by atoms with Crippen LogP contribution >= 0.6 is 0 Å². The van der Waals surface area contributed by atoms with Gasteiger partial charge in [-0.25, -0.2) is 0 Å². The van der Waals surface area contributed by atoms with Crippen molar-refractivity contribution in [3.05, 3.63) is 23.8 Å². The number of methoxy groups -OCH3 is 1. The van der Waals surface area contributed by atoms with Gasteiger partial charge in [0.2, 0.25) is 0 Å². The highest BCUT2D eigenvalue weighted by Gasteiger charge is 2.12. The molecule has 0 bridgehead atoms. The average molecular weight is 224 g/mol. The number of hydrogen-bond acceptors (Lipinski definition) is 4. The third-order valence-corrected chi connectivity index (χ3v) is 2.15. The topological polar surface area (TPSA) is 84.6 Å². The lowest BCUT2D eigenvalue weighted by molar-refractivity contribution is 0.0923. The Balaban J connectivity index is 2.84. The second-order valence-electron chi connectivity index (χ2n) is 3.51. The van der Waals surface area contributed by atoms with Crippen LogP contribution in [0.5, 0.6) is 5.75 Å². The minimum atomic E-state index is -0.304. The van der Waals surface area contributed by atoms with E-state index < -0.39 is 0 Å². The Labute approximate surface area is 94.2 Å². The van der Waals surface area contributed by atoms with Gasteiger partial charge in [0, 0.05) is 17.8 Å². The lowest BCUT2D eigenvalue weighted by Gasteiger charge is -2.12. The van der Waals surface area contributed by atoms with Crippen LogP contribution in [-0.4, -0.2) is 30.8 Å². The van der Waals surface area contributed by atoms with E-state index in [0.717, 1.165) is 0 Å². The second kappa shape index (κ2) is 5.37. The fourth-order valence-corrected chi connectivity index (χ4v) is 1.22. The molecule has 5 nitrogen and oxygen atoms in total. The first kappa shape index (κ1) is 12.3. The molecule has 0 radical (unpaired) electrons. The van der Waals surface area contributed by atoms with Crippen LogP contribution in [-0.2, 0) is 0 Å². The van der Waals surface area contributed by atoms with Crippen LogP contribution in [0.3, 0.4) is 0 Å². The quantitative estimate of drug-likeness (QED) is 0.646. The van der Waals surface area contributed by atoms with Crippen LogP contribution in [0.15, 0.2) is 18.2 Å². The molecule has 0 saturated heterocycles. The van der Waals surface area contributed by atoms with Crippen LogP contribution in [0.2, 0.25) is 0 Å². The van der Waals surface area contributed by atoms with E-state index in [1.54, 1.807) is 25.1 Å². The minimum absolute atomic E-state index is 0.109. The molecular formula is C11H16N2O3. The van der Waals surface area contributed by atoms with Crippen molar-refractivity contribution in [2.24, 2.45) is 0 Å². The number of aliphatic hydroxyl groups is 1. The summed E-state index contributed by atoms with van der Waals surface area (Å²) in [7, 11) is 1.53. The molecule has 16 heavy (non-hydrogen) atoms. The van der Waals surface area contributed by atoms with Crippen LogP contribution in [0.1, 0.15) is 17.3 Å². The van der Waals surface area contributed by atoms with Crippen molar-refractivity contribution < 1.29 is 14.6 Å². The molecule has 1 atom stereocenters. The maximum absolute atomic E-state index is 11.7. The standard InChI is InChI=1S/C11H16N2O3/c1-7(6-14)13-11(15)9-4-3-8(16-2)5-10(9)12/h3-5,7,14H,6,12H2,1-2H3,(H,13,15). The fourth-order valence-electron chi connectivity index (χ4n) is 1.22. The number of nitrogens with two attached hydrogens (primary N) is 1. The summed E-state index contributed by atoms with van der Waals surface area (Å²) in [5.74, 6) is 0.297. The Morgan fingerprint density at radius 1 is 1.62 bits per heavy atom. The molecule has 88 valence electrons. The first-order valence-corrected chi connectivity index (χ1v) is 4.93. The van der Waals surface area contributed by atoms with Gasteiger partial charge in [0.05, 0.1) is 19.3 Å². The maximum Gasteiger partial charge on any atom is 0.253 e. The Kier molecular flexibility index (Phi) is 4.13. The van der Waals surface area contributed by atoms with E-state index in [1.807, 2.05) is 0 Å². The molecule has 1 amide bonds. The molecule has 0 aliphatic rings. The summed E-state index contributed by atoms with van der Waals surface area (Å²) < 4.78 is 4.98. The number of carbonyl (C=O) groups excluding carboxylic acids is 1. The van der Waals surface area contributed by atoms with Gasteiger partial charge < -0.3 is 20.9 Å². The van der Waals surface area contributed by atoms with Crippen molar-refractivity contribution in [3.63, 3.8) is 0 Å². The van der Waals surface area contributed by atoms with E-state index in [4.69, 9.17) is 15.6 Å². The Morgan fingerprint density at radius 3 is 2.81 bits per heavy atom. The highest BCUT2D eigenvalue weighted by Crippen LogP contribution is 2.19. The number of benzene rings is 1. The van der Waals surface area contributed by atoms with Crippen molar-refractivity contribution in [1.82, 2.24) is 5.32 Å². The molecule has 0 aliphatic carbocycles. The van der Waals surface area contributed by atoms with Crippen LogP contribution in [0.4, 0.5) is 5.69 Å². The van der Waals surface area contributed by atoms with Crippen molar-refractivity contribution in [2.45, 2.75) is 13.0 Å². The number of rotatable bonds is 4. The van der Waals surface area contributed by atoms with E-state index in [1.165, 1.54) is 7.11 Å². The zero-order valence-electron chi connectivity index (χ0n) is 9.36. The number of nitrogens with one attached hydrogen (secondary N) is 1. The van der Waals surface area contributed by atoms with E-state index in [0.29, 0.717) is 17.0 Å². The number of aliphatic hydroxyl groups excluding tert-OH is 1. The van der Waals surface area contributed by atoms with Crippen LogP contribution in [0.25, 0.3) is 0 Å². The third-order valence-electron chi connectivity index (χ3n) is 2.15. The normalized spacial score (nSPS) is 11.9. The number of carbonyl (C=O) groups is 1. The molecule has 1 rings (SSSR count). The van der Waals surface area contributed by atoms with E-state index >= 15 is 0 Å². The number of anilines is 1. The highest BCUT2D eigenvalue weighted by atomic mass is 16.5. The molecule has 1 aromatic carbocycles. The highest BCUT2D eigenvalue weighted by molar-refractivity contribution is 5.99. The number of hydrogen-bond donors (Lipinski definition) is 3.